The van der Waals surface area contributed by atoms with Gasteiger partial charge in [0.05, 0.1) is 12.5 Å². The minimum Gasteiger partial charge on any atom is -0.342 e. The summed E-state index contributed by atoms with van der Waals surface area (Å²) in [7, 11) is 1.82. The lowest BCUT2D eigenvalue weighted by Gasteiger charge is -2.25. The highest BCUT2D eigenvalue weighted by molar-refractivity contribution is 5.76. The van der Waals surface area contributed by atoms with Gasteiger partial charge >= 0.3 is 0 Å². The third kappa shape index (κ3) is 4.77. The number of carbonyl (C=O) groups is 1. The maximum atomic E-state index is 12.1. The van der Waals surface area contributed by atoms with Crippen LogP contribution in [0.15, 0.2) is 0 Å². The van der Waals surface area contributed by atoms with E-state index in [-0.39, 0.29) is 11.9 Å². The van der Waals surface area contributed by atoms with E-state index in [4.69, 9.17) is 5.26 Å². The SMILES string of the molecule is CC(CC#N)N(C)C(=O)CC1CCCCCC1. The fourth-order valence-corrected chi connectivity index (χ4v) is 2.47. The second kappa shape index (κ2) is 7.32. The largest absolute Gasteiger partial charge is 0.342 e. The summed E-state index contributed by atoms with van der Waals surface area (Å²) in [5.41, 5.74) is 0. The van der Waals surface area contributed by atoms with Crippen LogP contribution in [0.4, 0.5) is 0 Å². The molecule has 0 aromatic heterocycles. The molecule has 1 aliphatic rings. The van der Waals surface area contributed by atoms with Crippen molar-refractivity contribution >= 4 is 5.91 Å². The van der Waals surface area contributed by atoms with E-state index in [1.54, 1.807) is 4.90 Å². The Labute approximate surface area is 105 Å². The molecule has 96 valence electrons. The van der Waals surface area contributed by atoms with Gasteiger partial charge in [-0.05, 0) is 25.7 Å². The number of nitriles is 1. The fourth-order valence-electron chi connectivity index (χ4n) is 2.47. The molecule has 0 saturated heterocycles. The van der Waals surface area contributed by atoms with Crippen LogP contribution in [0.2, 0.25) is 0 Å². The van der Waals surface area contributed by atoms with Gasteiger partial charge in [-0.25, -0.2) is 0 Å². The fraction of sp³-hybridized carbons (Fsp3) is 0.857. The zero-order valence-corrected chi connectivity index (χ0v) is 11.1. The highest BCUT2D eigenvalue weighted by Crippen LogP contribution is 2.26. The summed E-state index contributed by atoms with van der Waals surface area (Å²) in [5, 5.41) is 8.64. The molecule has 1 saturated carbocycles. The van der Waals surface area contributed by atoms with Crippen molar-refractivity contribution in [3.63, 3.8) is 0 Å². The van der Waals surface area contributed by atoms with Gasteiger partial charge in [0.25, 0.3) is 0 Å². The summed E-state index contributed by atoms with van der Waals surface area (Å²) in [6.45, 7) is 1.94. The topological polar surface area (TPSA) is 44.1 Å². The highest BCUT2D eigenvalue weighted by atomic mass is 16.2. The van der Waals surface area contributed by atoms with E-state index in [2.05, 4.69) is 6.07 Å². The first-order valence-electron chi connectivity index (χ1n) is 6.77. The molecule has 1 rings (SSSR count). The average Bonchev–Trinajstić information content (AvgIpc) is 2.57. The van der Waals surface area contributed by atoms with Crippen molar-refractivity contribution in [3.8, 4) is 6.07 Å². The molecule has 1 amide bonds. The van der Waals surface area contributed by atoms with Crippen LogP contribution in [0.1, 0.15) is 58.3 Å². The third-order valence-electron chi connectivity index (χ3n) is 3.88. The number of nitrogens with zero attached hydrogens (tertiary/aromatic N) is 2. The average molecular weight is 236 g/mol. The summed E-state index contributed by atoms with van der Waals surface area (Å²) in [4.78, 5) is 13.8. The van der Waals surface area contributed by atoms with Gasteiger partial charge in [0.1, 0.15) is 0 Å². The van der Waals surface area contributed by atoms with Crippen LogP contribution in [-0.4, -0.2) is 23.9 Å². The van der Waals surface area contributed by atoms with Gasteiger partial charge in [0.2, 0.25) is 5.91 Å². The second-order valence-electron chi connectivity index (χ2n) is 5.28. The van der Waals surface area contributed by atoms with Gasteiger partial charge in [0, 0.05) is 19.5 Å². The quantitative estimate of drug-likeness (QED) is 0.704. The molecule has 0 bridgehead atoms. The zero-order valence-electron chi connectivity index (χ0n) is 11.1. The lowest BCUT2D eigenvalue weighted by molar-refractivity contribution is -0.132. The Balaban J connectivity index is 2.39. The Morgan fingerprint density at radius 1 is 1.35 bits per heavy atom. The molecule has 0 N–H and O–H groups in total. The molecule has 3 heteroatoms. The van der Waals surface area contributed by atoms with Crippen LogP contribution in [0.5, 0.6) is 0 Å². The minimum absolute atomic E-state index is 0.0401. The van der Waals surface area contributed by atoms with Crippen molar-refractivity contribution in [2.45, 2.75) is 64.3 Å². The summed E-state index contributed by atoms with van der Waals surface area (Å²) in [6.07, 6.45) is 8.69. The smallest absolute Gasteiger partial charge is 0.222 e. The monoisotopic (exact) mass is 236 g/mol. The van der Waals surface area contributed by atoms with Crippen molar-refractivity contribution in [2.75, 3.05) is 7.05 Å². The minimum atomic E-state index is 0.0401. The molecule has 1 atom stereocenters. The van der Waals surface area contributed by atoms with Crippen LogP contribution in [0.3, 0.4) is 0 Å². The normalized spacial score (nSPS) is 19.1. The number of carbonyl (C=O) groups excluding carboxylic acids is 1. The predicted octanol–water partition coefficient (Wildman–Crippen LogP) is 3.11. The summed E-state index contributed by atoms with van der Waals surface area (Å²) in [5.74, 6) is 0.779. The molecule has 17 heavy (non-hydrogen) atoms. The molecule has 0 aromatic rings. The van der Waals surface area contributed by atoms with Crippen molar-refractivity contribution in [2.24, 2.45) is 5.92 Å². The van der Waals surface area contributed by atoms with Gasteiger partial charge in [-0.1, -0.05) is 25.7 Å². The van der Waals surface area contributed by atoms with Crippen LogP contribution in [0.25, 0.3) is 0 Å². The number of hydrogen-bond acceptors (Lipinski definition) is 2. The Morgan fingerprint density at radius 3 is 2.47 bits per heavy atom. The Kier molecular flexibility index (Phi) is 6.04. The maximum Gasteiger partial charge on any atom is 0.222 e. The number of amides is 1. The number of rotatable bonds is 4. The second-order valence-corrected chi connectivity index (χ2v) is 5.28. The van der Waals surface area contributed by atoms with Crippen LogP contribution < -0.4 is 0 Å². The van der Waals surface area contributed by atoms with Gasteiger partial charge in [0.15, 0.2) is 0 Å². The van der Waals surface area contributed by atoms with Gasteiger partial charge in [-0.2, -0.15) is 5.26 Å². The molecular formula is C14H24N2O. The summed E-state index contributed by atoms with van der Waals surface area (Å²) >= 11 is 0. The molecular weight excluding hydrogens is 212 g/mol. The van der Waals surface area contributed by atoms with Gasteiger partial charge in [-0.3, -0.25) is 4.79 Å². The molecule has 0 spiro atoms. The van der Waals surface area contributed by atoms with Gasteiger partial charge in [-0.15, -0.1) is 0 Å². The van der Waals surface area contributed by atoms with E-state index < -0.39 is 0 Å². The van der Waals surface area contributed by atoms with E-state index in [1.165, 1.54) is 38.5 Å². The molecule has 1 fully saturated rings. The van der Waals surface area contributed by atoms with E-state index in [1.807, 2.05) is 14.0 Å². The Hall–Kier alpha value is -1.04. The van der Waals surface area contributed by atoms with Crippen LogP contribution in [0, 0.1) is 17.2 Å². The molecule has 0 aromatic carbocycles. The van der Waals surface area contributed by atoms with Crippen molar-refractivity contribution in [1.29, 1.82) is 5.26 Å². The summed E-state index contributed by atoms with van der Waals surface area (Å²) < 4.78 is 0. The first-order valence-corrected chi connectivity index (χ1v) is 6.77. The molecule has 1 unspecified atom stereocenters. The Morgan fingerprint density at radius 2 is 1.94 bits per heavy atom. The molecule has 0 radical (unpaired) electrons. The molecule has 0 heterocycles. The lowest BCUT2D eigenvalue weighted by Crippen LogP contribution is -2.35. The van der Waals surface area contributed by atoms with Crippen molar-refractivity contribution in [3.05, 3.63) is 0 Å². The molecule has 1 aliphatic carbocycles. The Bertz CT molecular complexity index is 274. The van der Waals surface area contributed by atoms with Crippen molar-refractivity contribution < 1.29 is 4.79 Å². The van der Waals surface area contributed by atoms with E-state index in [0.717, 1.165) is 0 Å². The van der Waals surface area contributed by atoms with Crippen LogP contribution >= 0.6 is 0 Å². The standard InChI is InChI=1S/C14H24N2O/c1-12(9-10-15)16(2)14(17)11-13-7-5-3-4-6-8-13/h12-13H,3-9,11H2,1-2H3. The lowest BCUT2D eigenvalue weighted by atomic mass is 9.96. The molecule has 3 nitrogen and oxygen atoms in total. The summed E-state index contributed by atoms with van der Waals surface area (Å²) in [6, 6.07) is 2.16. The molecule has 0 aliphatic heterocycles. The highest BCUT2D eigenvalue weighted by Gasteiger charge is 2.20. The first kappa shape index (κ1) is 14.0. The predicted molar refractivity (Wildman–Crippen MR) is 68.3 cm³/mol. The number of hydrogen-bond donors (Lipinski definition) is 0. The van der Waals surface area contributed by atoms with E-state index >= 15 is 0 Å². The van der Waals surface area contributed by atoms with E-state index in [9.17, 15) is 4.79 Å². The van der Waals surface area contributed by atoms with Gasteiger partial charge < -0.3 is 4.90 Å². The van der Waals surface area contributed by atoms with Crippen molar-refractivity contribution in [1.82, 2.24) is 4.90 Å². The maximum absolute atomic E-state index is 12.1. The van der Waals surface area contributed by atoms with Crippen LogP contribution in [-0.2, 0) is 4.79 Å². The zero-order chi connectivity index (χ0) is 12.7. The third-order valence-corrected chi connectivity index (χ3v) is 3.88. The first-order chi connectivity index (χ1) is 8.15. The van der Waals surface area contributed by atoms with E-state index in [0.29, 0.717) is 18.8 Å².